The number of carbonyl (C=O) groups excluding carboxylic acids is 1. The monoisotopic (exact) mass is 468 g/mol. The van der Waals surface area contributed by atoms with Gasteiger partial charge in [-0.2, -0.15) is 0 Å². The van der Waals surface area contributed by atoms with E-state index in [1.165, 1.54) is 0 Å². The molecule has 3 aliphatic rings. The third kappa shape index (κ3) is 4.86. The van der Waals surface area contributed by atoms with Crippen molar-refractivity contribution in [2.75, 3.05) is 50.6 Å². The molecule has 2 saturated heterocycles. The molecule has 0 saturated carbocycles. The molecule has 10 nitrogen and oxygen atoms in total. The first-order chi connectivity index (χ1) is 16.6. The number of likely N-dealkylation sites (tertiary alicyclic amines) is 1. The van der Waals surface area contributed by atoms with Crippen LogP contribution in [0.5, 0.6) is 11.8 Å². The van der Waals surface area contributed by atoms with Crippen LogP contribution in [0.3, 0.4) is 0 Å². The highest BCUT2D eigenvalue weighted by Gasteiger charge is 2.31. The topological polar surface area (TPSA) is 116 Å². The van der Waals surface area contributed by atoms with Crippen LogP contribution in [0.4, 0.5) is 11.4 Å². The average Bonchev–Trinajstić information content (AvgIpc) is 3.33. The van der Waals surface area contributed by atoms with Gasteiger partial charge in [0, 0.05) is 45.6 Å². The maximum atomic E-state index is 12.8. The van der Waals surface area contributed by atoms with Gasteiger partial charge >= 0.3 is 0 Å². The minimum atomic E-state index is -0.0636. The van der Waals surface area contributed by atoms with Crippen LogP contribution in [0.25, 0.3) is 0 Å². The number of nitrogen functional groups attached to an aromatic ring is 1. The third-order valence-electron chi connectivity index (χ3n) is 6.97. The fourth-order valence-electron chi connectivity index (χ4n) is 4.97. The van der Waals surface area contributed by atoms with Crippen LogP contribution >= 0.6 is 0 Å². The number of aromatic nitrogens is 3. The molecule has 5 heterocycles. The number of methoxy groups -OCH3 is 1. The van der Waals surface area contributed by atoms with Gasteiger partial charge in [-0.25, -0.2) is 15.0 Å². The number of nitrogens with zero attached hydrogens (tertiary/aromatic N) is 5. The van der Waals surface area contributed by atoms with Crippen LogP contribution in [0.1, 0.15) is 36.9 Å². The maximum absolute atomic E-state index is 12.8. The third-order valence-corrected chi connectivity index (χ3v) is 6.97. The molecule has 1 atom stereocenters. The Morgan fingerprint density at radius 3 is 2.82 bits per heavy atom. The van der Waals surface area contributed by atoms with E-state index in [0.29, 0.717) is 42.9 Å². The molecule has 0 radical (unpaired) electrons. The van der Waals surface area contributed by atoms with Gasteiger partial charge in [0.2, 0.25) is 17.7 Å². The molecule has 2 aromatic heterocycles. The molecular weight excluding hydrogens is 436 g/mol. The molecular formula is C24H32N6O4. The van der Waals surface area contributed by atoms with E-state index in [-0.39, 0.29) is 12.0 Å². The van der Waals surface area contributed by atoms with Crippen molar-refractivity contribution in [1.82, 2.24) is 19.9 Å². The Labute approximate surface area is 199 Å². The lowest BCUT2D eigenvalue weighted by Gasteiger charge is -2.31. The molecule has 182 valence electrons. The SMILES string of the molecule is COc1ncc(N2CCc3ncnc(O[C@H]4CCN(C(=O)CC5CCOCC5)C4)c3C2)cc1N. The number of rotatable bonds is 6. The van der Waals surface area contributed by atoms with Crippen molar-refractivity contribution in [2.24, 2.45) is 5.92 Å². The van der Waals surface area contributed by atoms with Crippen molar-refractivity contribution in [3.05, 3.63) is 29.8 Å². The van der Waals surface area contributed by atoms with Crippen LogP contribution in [-0.2, 0) is 22.5 Å². The summed E-state index contributed by atoms with van der Waals surface area (Å²) in [6.45, 7) is 4.26. The fraction of sp³-hybridized carbons (Fsp3) is 0.583. The van der Waals surface area contributed by atoms with E-state index in [0.717, 1.165) is 68.9 Å². The average molecular weight is 469 g/mol. The summed E-state index contributed by atoms with van der Waals surface area (Å²) in [5, 5.41) is 0. The van der Waals surface area contributed by atoms with Gasteiger partial charge in [-0.3, -0.25) is 4.79 Å². The number of fused-ring (bicyclic) bond motifs is 1. The Hall–Kier alpha value is -3.14. The highest BCUT2D eigenvalue weighted by Crippen LogP contribution is 2.32. The second-order valence-corrected chi connectivity index (χ2v) is 9.20. The Morgan fingerprint density at radius 2 is 2.03 bits per heavy atom. The molecule has 0 spiro atoms. The fourth-order valence-corrected chi connectivity index (χ4v) is 4.97. The summed E-state index contributed by atoms with van der Waals surface area (Å²) < 4.78 is 16.9. The maximum Gasteiger partial charge on any atom is 0.236 e. The van der Waals surface area contributed by atoms with E-state index in [9.17, 15) is 4.79 Å². The van der Waals surface area contributed by atoms with E-state index in [1.807, 2.05) is 11.0 Å². The lowest BCUT2D eigenvalue weighted by atomic mass is 9.96. The number of hydrogen-bond donors (Lipinski definition) is 1. The first-order valence-corrected chi connectivity index (χ1v) is 12.0. The second-order valence-electron chi connectivity index (χ2n) is 9.20. The first-order valence-electron chi connectivity index (χ1n) is 12.0. The van der Waals surface area contributed by atoms with Crippen molar-refractivity contribution in [1.29, 1.82) is 0 Å². The van der Waals surface area contributed by atoms with Gasteiger partial charge in [0.05, 0.1) is 49.0 Å². The zero-order valence-electron chi connectivity index (χ0n) is 19.6. The number of pyridine rings is 1. The molecule has 2 aromatic rings. The van der Waals surface area contributed by atoms with Gasteiger partial charge in [0.15, 0.2) is 0 Å². The van der Waals surface area contributed by atoms with Crippen LogP contribution in [0.2, 0.25) is 0 Å². The minimum Gasteiger partial charge on any atom is -0.480 e. The van der Waals surface area contributed by atoms with E-state index < -0.39 is 0 Å². The molecule has 10 heteroatoms. The highest BCUT2D eigenvalue weighted by molar-refractivity contribution is 5.76. The smallest absolute Gasteiger partial charge is 0.236 e. The van der Waals surface area contributed by atoms with Crippen molar-refractivity contribution >= 4 is 17.3 Å². The summed E-state index contributed by atoms with van der Waals surface area (Å²) in [5.74, 6) is 1.68. The van der Waals surface area contributed by atoms with Gasteiger partial charge in [-0.15, -0.1) is 0 Å². The number of nitrogens with two attached hydrogens (primary N) is 1. The predicted octanol–water partition coefficient (Wildman–Crippen LogP) is 1.82. The number of hydrogen-bond acceptors (Lipinski definition) is 9. The largest absolute Gasteiger partial charge is 0.480 e. The van der Waals surface area contributed by atoms with Crippen LogP contribution in [-0.4, -0.2) is 71.8 Å². The van der Waals surface area contributed by atoms with E-state index in [2.05, 4.69) is 19.9 Å². The lowest BCUT2D eigenvalue weighted by Crippen LogP contribution is -2.34. The quantitative estimate of drug-likeness (QED) is 0.678. The Bertz CT molecular complexity index is 1030. The zero-order chi connectivity index (χ0) is 23.5. The molecule has 1 amide bonds. The van der Waals surface area contributed by atoms with Crippen LogP contribution in [0.15, 0.2) is 18.6 Å². The minimum absolute atomic E-state index is 0.0636. The van der Waals surface area contributed by atoms with Crippen molar-refractivity contribution in [2.45, 2.75) is 44.8 Å². The number of amides is 1. The number of ether oxygens (including phenoxy) is 3. The van der Waals surface area contributed by atoms with E-state index in [1.54, 1.807) is 19.6 Å². The molecule has 0 bridgehead atoms. The summed E-state index contributed by atoms with van der Waals surface area (Å²) in [7, 11) is 1.55. The first kappa shape index (κ1) is 22.6. The van der Waals surface area contributed by atoms with Crippen LogP contribution in [0, 0.1) is 5.92 Å². The van der Waals surface area contributed by atoms with E-state index in [4.69, 9.17) is 19.9 Å². The molecule has 0 unspecified atom stereocenters. The highest BCUT2D eigenvalue weighted by atomic mass is 16.5. The Balaban J connectivity index is 1.23. The van der Waals surface area contributed by atoms with Gasteiger partial charge in [-0.05, 0) is 24.8 Å². The summed E-state index contributed by atoms with van der Waals surface area (Å²) in [6.07, 6.45) is 7.40. The summed E-state index contributed by atoms with van der Waals surface area (Å²) >= 11 is 0. The van der Waals surface area contributed by atoms with Crippen LogP contribution < -0.4 is 20.1 Å². The number of anilines is 2. The van der Waals surface area contributed by atoms with E-state index >= 15 is 0 Å². The molecule has 0 aromatic carbocycles. The molecule has 3 aliphatic heterocycles. The molecule has 34 heavy (non-hydrogen) atoms. The molecule has 5 rings (SSSR count). The van der Waals surface area contributed by atoms with Gasteiger partial charge < -0.3 is 29.7 Å². The van der Waals surface area contributed by atoms with Gasteiger partial charge in [0.1, 0.15) is 12.4 Å². The lowest BCUT2D eigenvalue weighted by molar-refractivity contribution is -0.132. The summed E-state index contributed by atoms with van der Waals surface area (Å²) in [5.41, 5.74) is 9.47. The van der Waals surface area contributed by atoms with Gasteiger partial charge in [0.25, 0.3) is 0 Å². The van der Waals surface area contributed by atoms with Gasteiger partial charge in [-0.1, -0.05) is 0 Å². The normalized spacial score (nSPS) is 20.8. The Morgan fingerprint density at radius 1 is 1.18 bits per heavy atom. The molecule has 2 fully saturated rings. The predicted molar refractivity (Wildman–Crippen MR) is 126 cm³/mol. The summed E-state index contributed by atoms with van der Waals surface area (Å²) in [6, 6.07) is 1.88. The Kier molecular flexibility index (Phi) is 6.66. The second kappa shape index (κ2) is 10.0. The van der Waals surface area contributed by atoms with Crippen molar-refractivity contribution in [3.63, 3.8) is 0 Å². The molecule has 2 N–H and O–H groups in total. The standard InChI is InChI=1S/C24H32N6O4/c1-32-24-20(25)11-17(12-26-24)29-7-3-21-19(14-29)23(28-15-27-21)34-18-2-6-30(13-18)22(31)10-16-4-8-33-9-5-16/h11-12,15-16,18H,2-10,13-14,25H2,1H3/t18-/m0/s1. The summed E-state index contributed by atoms with van der Waals surface area (Å²) in [4.78, 5) is 30.2. The van der Waals surface area contributed by atoms with Crippen molar-refractivity contribution < 1.29 is 19.0 Å². The number of carbonyl (C=O) groups is 1. The van der Waals surface area contributed by atoms with Crippen molar-refractivity contribution in [3.8, 4) is 11.8 Å². The molecule has 0 aliphatic carbocycles. The zero-order valence-corrected chi connectivity index (χ0v) is 19.6.